The lowest BCUT2D eigenvalue weighted by molar-refractivity contribution is -0.127. The van der Waals surface area contributed by atoms with E-state index in [0.29, 0.717) is 35.1 Å². The number of hydrogen-bond acceptors (Lipinski definition) is 7. The number of carbonyl (C=O) groups is 3. The van der Waals surface area contributed by atoms with Crippen LogP contribution in [0.1, 0.15) is 11.1 Å². The lowest BCUT2D eigenvalue weighted by Gasteiger charge is -2.15. The van der Waals surface area contributed by atoms with Crippen molar-refractivity contribution in [3.8, 4) is 17.2 Å². The van der Waals surface area contributed by atoms with Crippen molar-refractivity contribution < 1.29 is 28.6 Å². The number of anilines is 1. The Morgan fingerprint density at radius 1 is 0.976 bits per heavy atom. The molecule has 10 heteroatoms. The number of hydrogen-bond donors (Lipinski definition) is 1. The highest BCUT2D eigenvalue weighted by atomic mass is 127. The highest BCUT2D eigenvalue weighted by molar-refractivity contribution is 14.1. The van der Waals surface area contributed by atoms with Crippen LogP contribution in [-0.2, 0) is 16.2 Å². The molecule has 0 spiro atoms. The summed E-state index contributed by atoms with van der Waals surface area (Å²) in [6.07, 6.45) is 1.62. The van der Waals surface area contributed by atoms with Gasteiger partial charge >= 0.3 is 0 Å². The number of benzene rings is 4. The predicted octanol–water partition coefficient (Wildman–Crippen LogP) is 6.72. The van der Waals surface area contributed by atoms with Crippen LogP contribution in [0.15, 0.2) is 83.8 Å². The molecule has 0 aliphatic carbocycles. The zero-order chi connectivity index (χ0) is 28.9. The zero-order valence-corrected chi connectivity index (χ0v) is 25.2. The van der Waals surface area contributed by atoms with Crippen LogP contribution in [0.4, 0.5) is 10.5 Å². The number of fused-ring (bicyclic) bond motifs is 1. The van der Waals surface area contributed by atoms with Gasteiger partial charge in [0, 0.05) is 5.69 Å². The van der Waals surface area contributed by atoms with Crippen LogP contribution in [0.5, 0.6) is 17.2 Å². The first-order valence-corrected chi connectivity index (χ1v) is 14.4. The summed E-state index contributed by atoms with van der Waals surface area (Å²) in [4.78, 5) is 39.3. The Morgan fingerprint density at radius 2 is 1.73 bits per heavy atom. The van der Waals surface area contributed by atoms with Crippen molar-refractivity contribution in [2.75, 3.05) is 26.1 Å². The molecule has 1 heterocycles. The maximum Gasteiger partial charge on any atom is 0.294 e. The number of imide groups is 1. The van der Waals surface area contributed by atoms with Crippen LogP contribution in [0.25, 0.3) is 16.8 Å². The van der Waals surface area contributed by atoms with Gasteiger partial charge in [-0.15, -0.1) is 0 Å². The van der Waals surface area contributed by atoms with Gasteiger partial charge in [-0.3, -0.25) is 19.3 Å². The van der Waals surface area contributed by atoms with E-state index in [4.69, 9.17) is 14.2 Å². The largest absolute Gasteiger partial charge is 0.497 e. The molecule has 1 saturated heterocycles. The Hall–Kier alpha value is -4.03. The normalized spacial score (nSPS) is 14.0. The Kier molecular flexibility index (Phi) is 8.79. The SMILES string of the molecule is COc1ccc(NC(=O)CN2C(=O)S/C(=C/c3cc(I)c(OCc4cccc5ccccc45)c(OC)c3)C2=O)cc1. The second kappa shape index (κ2) is 12.6. The summed E-state index contributed by atoms with van der Waals surface area (Å²) in [7, 11) is 3.10. The van der Waals surface area contributed by atoms with Crippen molar-refractivity contribution in [2.24, 2.45) is 0 Å². The van der Waals surface area contributed by atoms with Gasteiger partial charge in [0.1, 0.15) is 18.9 Å². The van der Waals surface area contributed by atoms with Gasteiger partial charge < -0.3 is 19.5 Å². The second-order valence-corrected chi connectivity index (χ2v) is 11.2. The summed E-state index contributed by atoms with van der Waals surface area (Å²) < 4.78 is 17.7. The molecule has 4 aromatic carbocycles. The van der Waals surface area contributed by atoms with E-state index in [1.807, 2.05) is 30.3 Å². The maximum atomic E-state index is 13.0. The van der Waals surface area contributed by atoms with E-state index < -0.39 is 23.6 Å². The number of ether oxygens (including phenoxy) is 3. The summed E-state index contributed by atoms with van der Waals surface area (Å²) in [6.45, 7) is -0.0413. The van der Waals surface area contributed by atoms with Gasteiger partial charge in [-0.1, -0.05) is 42.5 Å². The molecule has 5 rings (SSSR count). The average molecular weight is 681 g/mol. The van der Waals surface area contributed by atoms with Crippen molar-refractivity contribution >= 4 is 73.9 Å². The Labute approximate surface area is 254 Å². The van der Waals surface area contributed by atoms with Crippen LogP contribution >= 0.6 is 34.4 Å². The standard InChI is InChI=1S/C31H25IN2O6S/c1-38-23-12-10-22(11-13-23)33-28(35)17-34-30(36)27(41-31(34)37)16-19-14-25(32)29(26(15-19)39-2)40-18-21-8-5-7-20-6-3-4-9-24(20)21/h3-16H,17-18H2,1-2H3,(H,33,35)/b27-16+. The smallest absolute Gasteiger partial charge is 0.294 e. The van der Waals surface area contributed by atoms with E-state index >= 15 is 0 Å². The first-order chi connectivity index (χ1) is 19.9. The summed E-state index contributed by atoms with van der Waals surface area (Å²) in [5, 5.41) is 4.43. The third kappa shape index (κ3) is 6.49. The van der Waals surface area contributed by atoms with Gasteiger partial charge in [-0.05, 0) is 98.7 Å². The van der Waals surface area contributed by atoms with Crippen molar-refractivity contribution in [2.45, 2.75) is 6.61 Å². The summed E-state index contributed by atoms with van der Waals surface area (Å²) in [6, 6.07) is 24.6. The van der Waals surface area contributed by atoms with E-state index in [1.54, 1.807) is 50.6 Å². The lowest BCUT2D eigenvalue weighted by Crippen LogP contribution is -2.36. The van der Waals surface area contributed by atoms with Gasteiger partial charge in [-0.2, -0.15) is 0 Å². The van der Waals surface area contributed by atoms with Crippen molar-refractivity contribution in [1.82, 2.24) is 4.90 Å². The van der Waals surface area contributed by atoms with Gasteiger partial charge in [0.15, 0.2) is 11.5 Å². The predicted molar refractivity (Wildman–Crippen MR) is 168 cm³/mol. The van der Waals surface area contributed by atoms with Crippen molar-refractivity contribution in [1.29, 1.82) is 0 Å². The van der Waals surface area contributed by atoms with Crippen LogP contribution in [0.3, 0.4) is 0 Å². The fourth-order valence-electron chi connectivity index (χ4n) is 4.34. The molecule has 0 bridgehead atoms. The number of methoxy groups -OCH3 is 2. The molecule has 0 radical (unpaired) electrons. The third-order valence-electron chi connectivity index (χ3n) is 6.35. The van der Waals surface area contributed by atoms with E-state index in [9.17, 15) is 14.4 Å². The molecule has 0 atom stereocenters. The molecule has 208 valence electrons. The average Bonchev–Trinajstić information content (AvgIpc) is 3.23. The summed E-state index contributed by atoms with van der Waals surface area (Å²) in [5.74, 6) is 0.718. The van der Waals surface area contributed by atoms with Crippen LogP contribution in [0, 0.1) is 3.57 Å². The molecule has 8 nitrogen and oxygen atoms in total. The first kappa shape index (κ1) is 28.5. The number of halogens is 1. The second-order valence-electron chi connectivity index (χ2n) is 9.01. The molecule has 3 amide bonds. The van der Waals surface area contributed by atoms with Gasteiger partial charge in [0.2, 0.25) is 5.91 Å². The lowest BCUT2D eigenvalue weighted by atomic mass is 10.1. The third-order valence-corrected chi connectivity index (χ3v) is 8.06. The molecule has 1 fully saturated rings. The molecule has 1 aliphatic rings. The monoisotopic (exact) mass is 680 g/mol. The van der Waals surface area contributed by atoms with E-state index in [2.05, 4.69) is 46.1 Å². The first-order valence-electron chi connectivity index (χ1n) is 12.5. The van der Waals surface area contributed by atoms with Crippen molar-refractivity contribution in [3.63, 3.8) is 0 Å². The zero-order valence-electron chi connectivity index (χ0n) is 22.2. The molecule has 1 N–H and O–H groups in total. The fourth-order valence-corrected chi connectivity index (χ4v) is 5.96. The minimum absolute atomic E-state index is 0.217. The maximum absolute atomic E-state index is 13.0. The quantitative estimate of drug-likeness (QED) is 0.155. The minimum Gasteiger partial charge on any atom is -0.497 e. The molecule has 0 aromatic heterocycles. The molecule has 0 unspecified atom stereocenters. The number of nitrogens with one attached hydrogen (secondary N) is 1. The highest BCUT2D eigenvalue weighted by Crippen LogP contribution is 2.38. The van der Waals surface area contributed by atoms with Gasteiger partial charge in [-0.25, -0.2) is 0 Å². The van der Waals surface area contributed by atoms with Gasteiger partial charge in [0.05, 0.1) is 22.7 Å². The summed E-state index contributed by atoms with van der Waals surface area (Å²) in [5.41, 5.74) is 2.24. The molecule has 41 heavy (non-hydrogen) atoms. The molecule has 0 saturated carbocycles. The van der Waals surface area contributed by atoms with Crippen LogP contribution in [0.2, 0.25) is 0 Å². The number of nitrogens with zero attached hydrogens (tertiary/aromatic N) is 1. The fraction of sp³-hybridized carbons (Fsp3) is 0.129. The molecule has 1 aliphatic heterocycles. The van der Waals surface area contributed by atoms with E-state index in [0.717, 1.165) is 36.6 Å². The van der Waals surface area contributed by atoms with Crippen molar-refractivity contribution in [3.05, 3.63) is 98.5 Å². The summed E-state index contributed by atoms with van der Waals surface area (Å²) >= 11 is 2.95. The number of amides is 3. The van der Waals surface area contributed by atoms with Crippen LogP contribution in [-0.4, -0.2) is 42.7 Å². The topological polar surface area (TPSA) is 94.2 Å². The molecular formula is C31H25IN2O6S. The number of thioether (sulfide) groups is 1. The molecule has 4 aromatic rings. The minimum atomic E-state index is -0.532. The number of carbonyl (C=O) groups excluding carboxylic acids is 3. The molecular weight excluding hydrogens is 655 g/mol. The van der Waals surface area contributed by atoms with Gasteiger partial charge in [0.25, 0.3) is 11.1 Å². The van der Waals surface area contributed by atoms with E-state index in [1.165, 1.54) is 0 Å². The Balaban J connectivity index is 1.29. The highest BCUT2D eigenvalue weighted by Gasteiger charge is 2.36. The van der Waals surface area contributed by atoms with E-state index in [-0.39, 0.29) is 4.91 Å². The Morgan fingerprint density at radius 3 is 2.49 bits per heavy atom. The Bertz CT molecular complexity index is 1670. The van der Waals surface area contributed by atoms with Crippen LogP contribution < -0.4 is 19.5 Å². The number of rotatable bonds is 9.